The van der Waals surface area contributed by atoms with Gasteiger partial charge >= 0.3 is 0 Å². The third-order valence-electron chi connectivity index (χ3n) is 1.97. The fraction of sp³-hybridized carbons (Fsp3) is 0.400. The Morgan fingerprint density at radius 1 is 1.54 bits per heavy atom. The van der Waals surface area contributed by atoms with E-state index in [4.69, 9.17) is 5.73 Å². The van der Waals surface area contributed by atoms with E-state index in [1.54, 1.807) is 12.1 Å². The molecule has 0 saturated heterocycles. The largest absolute Gasteiger partial charge is 0.324 e. The third kappa shape index (κ3) is 2.78. The van der Waals surface area contributed by atoms with E-state index in [1.165, 1.54) is 6.07 Å². The van der Waals surface area contributed by atoms with Gasteiger partial charge in [-0.05, 0) is 40.0 Å². The molecule has 0 heterocycles. The quantitative estimate of drug-likeness (QED) is 0.869. The van der Waals surface area contributed by atoms with Crippen molar-refractivity contribution in [2.75, 3.05) is 0 Å². The fourth-order valence-electron chi connectivity index (χ4n) is 1.22. The molecular weight excluding hydrogens is 233 g/mol. The van der Waals surface area contributed by atoms with Gasteiger partial charge in [0.05, 0.1) is 4.47 Å². The van der Waals surface area contributed by atoms with Gasteiger partial charge in [-0.3, -0.25) is 0 Å². The lowest BCUT2D eigenvalue weighted by molar-refractivity contribution is 0.610. The Labute approximate surface area is 86.3 Å². The first-order valence-electron chi connectivity index (χ1n) is 4.35. The van der Waals surface area contributed by atoms with Crippen LogP contribution in [0.5, 0.6) is 0 Å². The Balaban J connectivity index is 2.84. The summed E-state index contributed by atoms with van der Waals surface area (Å²) in [6.45, 7) is 2.08. The van der Waals surface area contributed by atoms with Crippen molar-refractivity contribution >= 4 is 15.9 Å². The lowest BCUT2D eigenvalue weighted by Crippen LogP contribution is -2.09. The minimum Gasteiger partial charge on any atom is -0.324 e. The van der Waals surface area contributed by atoms with Gasteiger partial charge in [0.2, 0.25) is 0 Å². The van der Waals surface area contributed by atoms with Crippen LogP contribution in [0.4, 0.5) is 4.39 Å². The molecule has 0 radical (unpaired) electrons. The highest BCUT2D eigenvalue weighted by molar-refractivity contribution is 9.10. The predicted molar refractivity (Wildman–Crippen MR) is 55.9 cm³/mol. The molecule has 0 aliphatic heterocycles. The number of benzene rings is 1. The molecule has 0 saturated carbocycles. The second-order valence-electron chi connectivity index (χ2n) is 3.07. The lowest BCUT2D eigenvalue weighted by atomic mass is 10.0. The predicted octanol–water partition coefficient (Wildman–Crippen LogP) is 3.39. The Bertz CT molecular complexity index is 288. The van der Waals surface area contributed by atoms with Crippen LogP contribution in [-0.4, -0.2) is 0 Å². The molecule has 0 bridgehead atoms. The normalized spacial score (nSPS) is 12.9. The molecule has 3 heteroatoms. The molecule has 1 nitrogen and oxygen atoms in total. The monoisotopic (exact) mass is 245 g/mol. The average Bonchev–Trinajstić information content (AvgIpc) is 2.10. The zero-order valence-electron chi connectivity index (χ0n) is 7.56. The molecule has 1 aromatic rings. The van der Waals surface area contributed by atoms with E-state index < -0.39 is 0 Å². The van der Waals surface area contributed by atoms with Crippen LogP contribution in [0.1, 0.15) is 31.4 Å². The van der Waals surface area contributed by atoms with E-state index >= 15 is 0 Å². The summed E-state index contributed by atoms with van der Waals surface area (Å²) >= 11 is 3.13. The zero-order chi connectivity index (χ0) is 9.84. The summed E-state index contributed by atoms with van der Waals surface area (Å²) in [4.78, 5) is 0. The van der Waals surface area contributed by atoms with Crippen molar-refractivity contribution in [3.63, 3.8) is 0 Å². The van der Waals surface area contributed by atoms with Crippen molar-refractivity contribution in [1.82, 2.24) is 0 Å². The fourth-order valence-corrected chi connectivity index (χ4v) is 1.62. The van der Waals surface area contributed by atoms with Crippen molar-refractivity contribution in [2.24, 2.45) is 5.73 Å². The van der Waals surface area contributed by atoms with E-state index in [1.807, 2.05) is 0 Å². The molecule has 0 amide bonds. The molecule has 0 aliphatic rings. The summed E-state index contributed by atoms with van der Waals surface area (Å²) in [7, 11) is 0. The molecule has 72 valence electrons. The summed E-state index contributed by atoms with van der Waals surface area (Å²) in [5, 5.41) is 0. The standard InChI is InChI=1S/C10H13BrFN/c1-2-3-10(13)7-4-5-9(12)8(11)6-7/h4-6,10H,2-3,13H2,1H3/t10-/m1/s1. The highest BCUT2D eigenvalue weighted by Crippen LogP contribution is 2.22. The first kappa shape index (κ1) is 10.7. The summed E-state index contributed by atoms with van der Waals surface area (Å²) < 4.78 is 13.3. The maximum Gasteiger partial charge on any atom is 0.137 e. The van der Waals surface area contributed by atoms with Crippen LogP contribution in [-0.2, 0) is 0 Å². The van der Waals surface area contributed by atoms with Crippen molar-refractivity contribution in [3.05, 3.63) is 34.1 Å². The van der Waals surface area contributed by atoms with Gasteiger partial charge in [0, 0.05) is 6.04 Å². The second kappa shape index (κ2) is 4.72. The molecule has 1 aromatic carbocycles. The molecule has 0 spiro atoms. The Morgan fingerprint density at radius 3 is 2.77 bits per heavy atom. The Kier molecular flexibility index (Phi) is 3.88. The highest BCUT2D eigenvalue weighted by atomic mass is 79.9. The van der Waals surface area contributed by atoms with Crippen molar-refractivity contribution in [2.45, 2.75) is 25.8 Å². The van der Waals surface area contributed by atoms with Crippen molar-refractivity contribution < 1.29 is 4.39 Å². The maximum absolute atomic E-state index is 12.9. The Hall–Kier alpha value is -0.410. The number of hydrogen-bond acceptors (Lipinski definition) is 1. The van der Waals surface area contributed by atoms with Crippen LogP contribution in [0, 0.1) is 5.82 Å². The van der Waals surface area contributed by atoms with Crippen LogP contribution < -0.4 is 5.73 Å². The summed E-state index contributed by atoms with van der Waals surface area (Å²) in [6, 6.07) is 4.94. The molecule has 0 aromatic heterocycles. The van der Waals surface area contributed by atoms with Crippen LogP contribution in [0.15, 0.2) is 22.7 Å². The number of nitrogens with two attached hydrogens (primary N) is 1. The summed E-state index contributed by atoms with van der Waals surface area (Å²) in [5.41, 5.74) is 6.86. The lowest BCUT2D eigenvalue weighted by Gasteiger charge is -2.10. The van der Waals surface area contributed by atoms with E-state index in [-0.39, 0.29) is 11.9 Å². The first-order chi connectivity index (χ1) is 6.15. The van der Waals surface area contributed by atoms with E-state index in [9.17, 15) is 4.39 Å². The smallest absolute Gasteiger partial charge is 0.137 e. The minimum absolute atomic E-state index is 0.0156. The SMILES string of the molecule is CCC[C@@H](N)c1ccc(F)c(Br)c1. The van der Waals surface area contributed by atoms with Crippen LogP contribution in [0.25, 0.3) is 0 Å². The number of rotatable bonds is 3. The van der Waals surface area contributed by atoms with Gasteiger partial charge in [-0.1, -0.05) is 19.4 Å². The first-order valence-corrected chi connectivity index (χ1v) is 5.15. The maximum atomic E-state index is 12.9. The summed E-state index contributed by atoms with van der Waals surface area (Å²) in [5.74, 6) is -0.243. The van der Waals surface area contributed by atoms with Gasteiger partial charge in [-0.15, -0.1) is 0 Å². The van der Waals surface area contributed by atoms with E-state index in [2.05, 4.69) is 22.9 Å². The van der Waals surface area contributed by atoms with Crippen LogP contribution in [0.2, 0.25) is 0 Å². The minimum atomic E-state index is -0.243. The topological polar surface area (TPSA) is 26.0 Å². The Morgan fingerprint density at radius 2 is 2.23 bits per heavy atom. The van der Waals surface area contributed by atoms with Gasteiger partial charge in [0.1, 0.15) is 5.82 Å². The van der Waals surface area contributed by atoms with Gasteiger partial charge < -0.3 is 5.73 Å². The van der Waals surface area contributed by atoms with Gasteiger partial charge in [-0.2, -0.15) is 0 Å². The summed E-state index contributed by atoms with van der Waals surface area (Å²) in [6.07, 6.45) is 1.97. The second-order valence-corrected chi connectivity index (χ2v) is 3.92. The van der Waals surface area contributed by atoms with Gasteiger partial charge in [0.15, 0.2) is 0 Å². The molecule has 0 aliphatic carbocycles. The zero-order valence-corrected chi connectivity index (χ0v) is 9.14. The molecular formula is C10H13BrFN. The van der Waals surface area contributed by atoms with Crippen LogP contribution >= 0.6 is 15.9 Å². The molecule has 2 N–H and O–H groups in total. The molecule has 0 unspecified atom stereocenters. The molecule has 0 fully saturated rings. The highest BCUT2D eigenvalue weighted by Gasteiger charge is 2.06. The van der Waals surface area contributed by atoms with Crippen molar-refractivity contribution in [3.8, 4) is 0 Å². The van der Waals surface area contributed by atoms with E-state index in [0.29, 0.717) is 4.47 Å². The van der Waals surface area contributed by atoms with E-state index in [0.717, 1.165) is 18.4 Å². The van der Waals surface area contributed by atoms with Gasteiger partial charge in [0.25, 0.3) is 0 Å². The van der Waals surface area contributed by atoms with Gasteiger partial charge in [-0.25, -0.2) is 4.39 Å². The number of halogens is 2. The van der Waals surface area contributed by atoms with Crippen LogP contribution in [0.3, 0.4) is 0 Å². The molecule has 13 heavy (non-hydrogen) atoms. The number of hydrogen-bond donors (Lipinski definition) is 1. The third-order valence-corrected chi connectivity index (χ3v) is 2.58. The molecule has 1 atom stereocenters. The van der Waals surface area contributed by atoms with Crippen molar-refractivity contribution in [1.29, 1.82) is 0 Å². The molecule has 1 rings (SSSR count). The average molecular weight is 246 g/mol.